The van der Waals surface area contributed by atoms with Gasteiger partial charge in [0.25, 0.3) is 0 Å². The summed E-state index contributed by atoms with van der Waals surface area (Å²) in [5.74, 6) is 1.11. The molecule has 1 aliphatic rings. The van der Waals surface area contributed by atoms with Gasteiger partial charge in [0.1, 0.15) is 5.75 Å². The van der Waals surface area contributed by atoms with Crippen molar-refractivity contribution in [2.24, 2.45) is 0 Å². The van der Waals surface area contributed by atoms with E-state index in [0.717, 1.165) is 24.5 Å². The average Bonchev–Trinajstić information content (AvgIpc) is 2.47. The predicted octanol–water partition coefficient (Wildman–Crippen LogP) is 2.34. The highest BCUT2D eigenvalue weighted by atomic mass is 32.2. The van der Waals surface area contributed by atoms with Gasteiger partial charge in [-0.1, -0.05) is 6.92 Å². The normalized spacial score (nSPS) is 17.0. The molecule has 0 bridgehead atoms. The lowest BCUT2D eigenvalue weighted by molar-refractivity contribution is 0.242. The molecule has 1 fully saturated rings. The molecule has 1 aliphatic heterocycles. The molecule has 0 aliphatic carbocycles. The SMILES string of the molecule is CCCS(=O)(=O)N1CCN(c2ccc(OC(C)C)cc2)CC1. The maximum atomic E-state index is 12.1. The smallest absolute Gasteiger partial charge is 0.214 e. The number of anilines is 1. The minimum atomic E-state index is -3.07. The van der Waals surface area contributed by atoms with Gasteiger partial charge < -0.3 is 9.64 Å². The molecule has 22 heavy (non-hydrogen) atoms. The van der Waals surface area contributed by atoms with Crippen LogP contribution in [0.15, 0.2) is 24.3 Å². The number of piperazine rings is 1. The first-order chi connectivity index (χ1) is 10.4. The Bertz CT molecular complexity index is 562. The maximum absolute atomic E-state index is 12.1. The van der Waals surface area contributed by atoms with Crippen molar-refractivity contribution >= 4 is 15.7 Å². The highest BCUT2D eigenvalue weighted by Crippen LogP contribution is 2.22. The van der Waals surface area contributed by atoms with Gasteiger partial charge in [-0.05, 0) is 44.5 Å². The lowest BCUT2D eigenvalue weighted by atomic mass is 10.2. The molecule has 0 aromatic heterocycles. The highest BCUT2D eigenvalue weighted by molar-refractivity contribution is 7.89. The second-order valence-corrected chi connectivity index (χ2v) is 7.95. The third-order valence-corrected chi connectivity index (χ3v) is 5.74. The summed E-state index contributed by atoms with van der Waals surface area (Å²) in [4.78, 5) is 2.22. The Morgan fingerprint density at radius 1 is 1.09 bits per heavy atom. The molecule has 0 atom stereocenters. The molecule has 124 valence electrons. The Balaban J connectivity index is 1.94. The second-order valence-electron chi connectivity index (χ2n) is 5.86. The van der Waals surface area contributed by atoms with E-state index in [2.05, 4.69) is 4.90 Å². The highest BCUT2D eigenvalue weighted by Gasteiger charge is 2.26. The van der Waals surface area contributed by atoms with Crippen molar-refractivity contribution in [2.45, 2.75) is 33.3 Å². The summed E-state index contributed by atoms with van der Waals surface area (Å²) in [6.07, 6.45) is 0.831. The molecular weight excluding hydrogens is 300 g/mol. The number of hydrogen-bond donors (Lipinski definition) is 0. The third kappa shape index (κ3) is 4.36. The Morgan fingerprint density at radius 2 is 1.68 bits per heavy atom. The number of sulfonamides is 1. The van der Waals surface area contributed by atoms with Crippen molar-refractivity contribution in [2.75, 3.05) is 36.8 Å². The van der Waals surface area contributed by atoms with Crippen LogP contribution in [0.5, 0.6) is 5.75 Å². The van der Waals surface area contributed by atoms with Crippen molar-refractivity contribution in [3.8, 4) is 5.75 Å². The zero-order chi connectivity index (χ0) is 16.2. The largest absolute Gasteiger partial charge is 0.491 e. The number of benzene rings is 1. The number of ether oxygens (including phenoxy) is 1. The molecule has 0 N–H and O–H groups in total. The lowest BCUT2D eigenvalue weighted by Crippen LogP contribution is -2.49. The molecule has 1 saturated heterocycles. The first kappa shape index (κ1) is 17.1. The molecular formula is C16H26N2O3S. The van der Waals surface area contributed by atoms with E-state index in [1.54, 1.807) is 4.31 Å². The zero-order valence-corrected chi connectivity index (χ0v) is 14.5. The van der Waals surface area contributed by atoms with Crippen LogP contribution in [0.3, 0.4) is 0 Å². The van der Waals surface area contributed by atoms with Gasteiger partial charge in [-0.2, -0.15) is 4.31 Å². The van der Waals surface area contributed by atoms with E-state index in [4.69, 9.17) is 4.74 Å². The van der Waals surface area contributed by atoms with Gasteiger partial charge in [0, 0.05) is 31.9 Å². The molecule has 2 rings (SSSR count). The standard InChI is InChI=1S/C16H26N2O3S/c1-4-13-22(19,20)18-11-9-17(10-12-18)15-5-7-16(8-6-15)21-14(2)3/h5-8,14H,4,9-13H2,1-3H3. The van der Waals surface area contributed by atoms with E-state index in [-0.39, 0.29) is 11.9 Å². The molecule has 1 heterocycles. The van der Waals surface area contributed by atoms with E-state index in [9.17, 15) is 8.42 Å². The molecule has 6 heteroatoms. The van der Waals surface area contributed by atoms with Crippen molar-refractivity contribution in [3.05, 3.63) is 24.3 Å². The van der Waals surface area contributed by atoms with Crippen LogP contribution in [-0.2, 0) is 10.0 Å². The van der Waals surface area contributed by atoms with Crippen molar-refractivity contribution in [1.29, 1.82) is 0 Å². The van der Waals surface area contributed by atoms with Crippen LogP contribution in [0, 0.1) is 0 Å². The zero-order valence-electron chi connectivity index (χ0n) is 13.7. The second kappa shape index (κ2) is 7.33. The van der Waals surface area contributed by atoms with Crippen molar-refractivity contribution < 1.29 is 13.2 Å². The number of rotatable bonds is 6. The van der Waals surface area contributed by atoms with Gasteiger partial charge in [0.05, 0.1) is 11.9 Å². The maximum Gasteiger partial charge on any atom is 0.214 e. The fourth-order valence-corrected chi connectivity index (χ4v) is 4.11. The molecule has 0 unspecified atom stereocenters. The Labute approximate surface area is 133 Å². The molecule has 0 saturated carbocycles. The number of nitrogens with zero attached hydrogens (tertiary/aromatic N) is 2. The fraction of sp³-hybridized carbons (Fsp3) is 0.625. The van der Waals surface area contributed by atoms with Gasteiger partial charge in [-0.15, -0.1) is 0 Å². The van der Waals surface area contributed by atoms with E-state index in [1.807, 2.05) is 45.0 Å². The summed E-state index contributed by atoms with van der Waals surface area (Å²) in [5, 5.41) is 0. The summed E-state index contributed by atoms with van der Waals surface area (Å²) < 4.78 is 31.4. The van der Waals surface area contributed by atoms with Crippen LogP contribution < -0.4 is 9.64 Å². The van der Waals surface area contributed by atoms with Gasteiger partial charge in [-0.25, -0.2) is 8.42 Å². The summed E-state index contributed by atoms with van der Waals surface area (Å²) in [7, 11) is -3.07. The Kier molecular flexibility index (Phi) is 5.69. The quantitative estimate of drug-likeness (QED) is 0.805. The minimum absolute atomic E-state index is 0.165. The third-order valence-electron chi connectivity index (χ3n) is 3.67. The average molecular weight is 326 g/mol. The van der Waals surface area contributed by atoms with Gasteiger partial charge in [-0.3, -0.25) is 0 Å². The monoisotopic (exact) mass is 326 g/mol. The van der Waals surface area contributed by atoms with E-state index in [1.165, 1.54) is 0 Å². The number of hydrogen-bond acceptors (Lipinski definition) is 4. The van der Waals surface area contributed by atoms with Gasteiger partial charge >= 0.3 is 0 Å². The van der Waals surface area contributed by atoms with Gasteiger partial charge in [0.2, 0.25) is 10.0 Å². The minimum Gasteiger partial charge on any atom is -0.491 e. The molecule has 1 aromatic rings. The van der Waals surface area contributed by atoms with E-state index in [0.29, 0.717) is 19.5 Å². The summed E-state index contributed by atoms with van der Waals surface area (Å²) in [6.45, 7) is 8.49. The van der Waals surface area contributed by atoms with Crippen LogP contribution in [-0.4, -0.2) is 50.8 Å². The van der Waals surface area contributed by atoms with Gasteiger partial charge in [0.15, 0.2) is 0 Å². The lowest BCUT2D eigenvalue weighted by Gasteiger charge is -2.35. The molecule has 0 spiro atoms. The van der Waals surface area contributed by atoms with Crippen molar-refractivity contribution in [1.82, 2.24) is 4.31 Å². The molecule has 1 aromatic carbocycles. The van der Waals surface area contributed by atoms with Crippen LogP contribution in [0.1, 0.15) is 27.2 Å². The fourth-order valence-electron chi connectivity index (χ4n) is 2.62. The first-order valence-corrected chi connectivity index (χ1v) is 9.53. The topological polar surface area (TPSA) is 49.9 Å². The van der Waals surface area contributed by atoms with Crippen LogP contribution in [0.4, 0.5) is 5.69 Å². The Hall–Kier alpha value is -1.27. The Morgan fingerprint density at radius 3 is 2.18 bits per heavy atom. The summed E-state index contributed by atoms with van der Waals surface area (Å²) in [5.41, 5.74) is 1.11. The summed E-state index contributed by atoms with van der Waals surface area (Å²) >= 11 is 0. The predicted molar refractivity (Wildman–Crippen MR) is 90.1 cm³/mol. The molecule has 5 nitrogen and oxygen atoms in total. The van der Waals surface area contributed by atoms with Crippen LogP contribution in [0.2, 0.25) is 0 Å². The molecule has 0 radical (unpaired) electrons. The van der Waals surface area contributed by atoms with Crippen molar-refractivity contribution in [3.63, 3.8) is 0 Å². The summed E-state index contributed by atoms with van der Waals surface area (Å²) in [6, 6.07) is 8.01. The first-order valence-electron chi connectivity index (χ1n) is 7.92. The van der Waals surface area contributed by atoms with E-state index < -0.39 is 10.0 Å². The van der Waals surface area contributed by atoms with E-state index >= 15 is 0 Å². The van der Waals surface area contributed by atoms with Crippen LogP contribution >= 0.6 is 0 Å². The van der Waals surface area contributed by atoms with Crippen LogP contribution in [0.25, 0.3) is 0 Å². The molecule has 0 amide bonds.